The molecule has 0 heterocycles. The number of rotatable bonds is 5. The zero-order valence-corrected chi connectivity index (χ0v) is 11.7. The molecule has 0 aliphatic heterocycles. The van der Waals surface area contributed by atoms with Crippen LogP contribution in [0.15, 0.2) is 17.0 Å². The average Bonchev–Trinajstić information content (AvgIpc) is 2.39. The van der Waals surface area contributed by atoms with Crippen LogP contribution in [0.5, 0.6) is 0 Å². The molecule has 0 bridgehead atoms. The molecule has 0 aliphatic carbocycles. The molecule has 0 aliphatic rings. The third-order valence-corrected chi connectivity index (χ3v) is 4.47. The van der Waals surface area contributed by atoms with E-state index in [9.17, 15) is 22.0 Å². The van der Waals surface area contributed by atoms with E-state index < -0.39 is 38.2 Å². The summed E-state index contributed by atoms with van der Waals surface area (Å²) in [5.41, 5.74) is 4.75. The van der Waals surface area contributed by atoms with Crippen molar-refractivity contribution in [1.29, 1.82) is 0 Å². The number of methoxy groups -OCH3 is 1. The first-order valence-electron chi connectivity index (χ1n) is 5.47. The third kappa shape index (κ3) is 3.42. The second kappa shape index (κ2) is 6.14. The van der Waals surface area contributed by atoms with Crippen LogP contribution in [-0.2, 0) is 19.6 Å². The molecular formula is C11H14F2N2O4S. The topological polar surface area (TPSA) is 89.7 Å². The van der Waals surface area contributed by atoms with Gasteiger partial charge in [0.15, 0.2) is 0 Å². The zero-order chi connectivity index (χ0) is 15.5. The van der Waals surface area contributed by atoms with Crippen molar-refractivity contribution in [3.05, 3.63) is 23.8 Å². The molecular weight excluding hydrogens is 294 g/mol. The van der Waals surface area contributed by atoms with E-state index in [1.807, 2.05) is 0 Å². The van der Waals surface area contributed by atoms with Crippen molar-refractivity contribution in [2.45, 2.75) is 11.3 Å². The summed E-state index contributed by atoms with van der Waals surface area (Å²) in [6.45, 7) is -0.203. The van der Waals surface area contributed by atoms with Gasteiger partial charge in [-0.15, -0.1) is 0 Å². The molecule has 1 aromatic rings. The number of anilines is 1. The van der Waals surface area contributed by atoms with Crippen molar-refractivity contribution in [2.75, 3.05) is 26.4 Å². The van der Waals surface area contributed by atoms with E-state index in [0.29, 0.717) is 12.1 Å². The van der Waals surface area contributed by atoms with E-state index in [0.717, 1.165) is 18.5 Å². The maximum atomic E-state index is 13.6. The minimum Gasteiger partial charge on any atom is -0.469 e. The molecule has 1 aromatic carbocycles. The minimum atomic E-state index is -4.21. The van der Waals surface area contributed by atoms with Crippen LogP contribution in [0.4, 0.5) is 14.5 Å². The predicted octanol–water partition coefficient (Wildman–Crippen LogP) is 0.731. The van der Waals surface area contributed by atoms with Gasteiger partial charge in [0.1, 0.15) is 16.5 Å². The number of nitrogens with zero attached hydrogens (tertiary/aromatic N) is 1. The molecule has 0 aromatic heterocycles. The Kier molecular flexibility index (Phi) is 5.01. The SMILES string of the molecule is COC(=O)CCN(C)S(=O)(=O)c1cc(N)c(F)cc1F. The standard InChI is InChI=1S/C11H14F2N2O4S/c1-15(4-3-11(16)19-2)20(17,18)10-6-9(14)7(12)5-8(10)13/h5-6H,3-4,14H2,1-2H3. The molecule has 0 saturated heterocycles. The molecule has 0 amide bonds. The number of carbonyl (C=O) groups is 1. The van der Waals surface area contributed by atoms with Crippen molar-refractivity contribution in [3.8, 4) is 0 Å². The fourth-order valence-electron chi connectivity index (χ4n) is 1.38. The molecule has 9 heteroatoms. The first kappa shape index (κ1) is 16.3. The lowest BCUT2D eigenvalue weighted by atomic mass is 10.3. The molecule has 1 rings (SSSR count). The Labute approximate surface area is 115 Å². The number of nitrogen functional groups attached to an aromatic ring is 1. The van der Waals surface area contributed by atoms with Crippen LogP contribution in [-0.4, -0.2) is 39.4 Å². The first-order valence-corrected chi connectivity index (χ1v) is 6.91. The Bertz CT molecular complexity index is 619. The van der Waals surface area contributed by atoms with Gasteiger partial charge in [-0.25, -0.2) is 21.5 Å². The van der Waals surface area contributed by atoms with Gasteiger partial charge in [-0.3, -0.25) is 4.79 Å². The Morgan fingerprint density at radius 2 is 1.95 bits per heavy atom. The summed E-state index contributed by atoms with van der Waals surface area (Å²) in [5.74, 6) is -2.90. The van der Waals surface area contributed by atoms with E-state index in [4.69, 9.17) is 5.73 Å². The third-order valence-electron chi connectivity index (χ3n) is 2.60. The number of ether oxygens (including phenoxy) is 1. The largest absolute Gasteiger partial charge is 0.469 e. The number of nitrogens with two attached hydrogens (primary N) is 1. The van der Waals surface area contributed by atoms with Gasteiger partial charge in [0.05, 0.1) is 19.2 Å². The molecule has 0 fully saturated rings. The fourth-order valence-corrected chi connectivity index (χ4v) is 2.63. The van der Waals surface area contributed by atoms with Crippen molar-refractivity contribution < 1.29 is 26.7 Å². The zero-order valence-electron chi connectivity index (χ0n) is 10.9. The van der Waals surface area contributed by atoms with Crippen LogP contribution in [0.25, 0.3) is 0 Å². The molecule has 0 atom stereocenters. The predicted molar refractivity (Wildman–Crippen MR) is 67.2 cm³/mol. The molecule has 0 unspecified atom stereocenters. The first-order chi connectivity index (χ1) is 9.20. The summed E-state index contributed by atoms with van der Waals surface area (Å²) in [7, 11) is -1.88. The molecule has 0 spiro atoms. The van der Waals surface area contributed by atoms with Crippen LogP contribution in [0.3, 0.4) is 0 Å². The molecule has 0 radical (unpaired) electrons. The smallest absolute Gasteiger partial charge is 0.306 e. The van der Waals surface area contributed by atoms with E-state index in [1.54, 1.807) is 0 Å². The summed E-state index contributed by atoms with van der Waals surface area (Å²) in [4.78, 5) is 10.2. The van der Waals surface area contributed by atoms with E-state index >= 15 is 0 Å². The maximum absolute atomic E-state index is 13.6. The average molecular weight is 308 g/mol. The molecule has 6 nitrogen and oxygen atoms in total. The van der Waals surface area contributed by atoms with Crippen molar-refractivity contribution >= 4 is 21.7 Å². The van der Waals surface area contributed by atoms with Crippen LogP contribution in [0.2, 0.25) is 0 Å². The molecule has 0 saturated carbocycles. The van der Waals surface area contributed by atoms with Crippen LogP contribution < -0.4 is 5.73 Å². The number of esters is 1. The van der Waals surface area contributed by atoms with E-state index in [-0.39, 0.29) is 13.0 Å². The van der Waals surface area contributed by atoms with Gasteiger partial charge in [0.25, 0.3) is 0 Å². The second-order valence-electron chi connectivity index (χ2n) is 3.96. The summed E-state index contributed by atoms with van der Waals surface area (Å²) in [6, 6.07) is 1.10. The summed E-state index contributed by atoms with van der Waals surface area (Å²) in [6.07, 6.45) is -0.190. The number of sulfonamides is 1. The number of hydrogen-bond donors (Lipinski definition) is 1. The number of hydrogen-bond acceptors (Lipinski definition) is 5. The van der Waals surface area contributed by atoms with Gasteiger partial charge >= 0.3 is 5.97 Å². The van der Waals surface area contributed by atoms with Crippen LogP contribution >= 0.6 is 0 Å². The van der Waals surface area contributed by atoms with Crippen molar-refractivity contribution in [1.82, 2.24) is 4.31 Å². The summed E-state index contributed by atoms with van der Waals surface area (Å²) in [5, 5.41) is 0. The van der Waals surface area contributed by atoms with Crippen molar-refractivity contribution in [3.63, 3.8) is 0 Å². The Morgan fingerprint density at radius 3 is 2.50 bits per heavy atom. The lowest BCUT2D eigenvalue weighted by Gasteiger charge is -2.17. The van der Waals surface area contributed by atoms with E-state index in [2.05, 4.69) is 4.74 Å². The number of benzene rings is 1. The number of carbonyl (C=O) groups excluding carboxylic acids is 1. The Morgan fingerprint density at radius 1 is 1.35 bits per heavy atom. The highest BCUT2D eigenvalue weighted by Gasteiger charge is 2.26. The van der Waals surface area contributed by atoms with Gasteiger partial charge in [-0.2, -0.15) is 0 Å². The number of halogens is 2. The van der Waals surface area contributed by atoms with Crippen LogP contribution in [0, 0.1) is 11.6 Å². The molecule has 20 heavy (non-hydrogen) atoms. The van der Waals surface area contributed by atoms with Gasteiger partial charge < -0.3 is 10.5 Å². The quantitative estimate of drug-likeness (QED) is 0.640. The monoisotopic (exact) mass is 308 g/mol. The summed E-state index contributed by atoms with van der Waals surface area (Å²) < 4.78 is 55.9. The van der Waals surface area contributed by atoms with Gasteiger partial charge in [0.2, 0.25) is 10.0 Å². The lowest BCUT2D eigenvalue weighted by Crippen LogP contribution is -2.30. The fraction of sp³-hybridized carbons (Fsp3) is 0.364. The summed E-state index contributed by atoms with van der Waals surface area (Å²) >= 11 is 0. The highest BCUT2D eigenvalue weighted by atomic mass is 32.2. The van der Waals surface area contributed by atoms with Gasteiger partial charge in [-0.05, 0) is 6.07 Å². The maximum Gasteiger partial charge on any atom is 0.306 e. The van der Waals surface area contributed by atoms with Crippen LogP contribution in [0.1, 0.15) is 6.42 Å². The van der Waals surface area contributed by atoms with E-state index in [1.165, 1.54) is 0 Å². The highest BCUT2D eigenvalue weighted by molar-refractivity contribution is 7.89. The normalized spacial score (nSPS) is 11.7. The lowest BCUT2D eigenvalue weighted by molar-refractivity contribution is -0.140. The Balaban J connectivity index is 3.04. The minimum absolute atomic E-state index is 0.190. The molecule has 112 valence electrons. The second-order valence-corrected chi connectivity index (χ2v) is 5.97. The Hall–Kier alpha value is -1.74. The molecule has 2 N–H and O–H groups in total. The highest BCUT2D eigenvalue weighted by Crippen LogP contribution is 2.23. The van der Waals surface area contributed by atoms with Gasteiger partial charge in [0, 0.05) is 19.7 Å². The van der Waals surface area contributed by atoms with Crippen molar-refractivity contribution in [2.24, 2.45) is 0 Å². The van der Waals surface area contributed by atoms with Gasteiger partial charge in [-0.1, -0.05) is 0 Å².